The van der Waals surface area contributed by atoms with E-state index in [-0.39, 0.29) is 24.9 Å². The van der Waals surface area contributed by atoms with Crippen molar-refractivity contribution in [1.29, 1.82) is 0 Å². The third-order valence-electron chi connectivity index (χ3n) is 2.37. The first-order valence-electron chi connectivity index (χ1n) is 4.97. The normalized spacial score (nSPS) is 13.9. The van der Waals surface area contributed by atoms with Crippen LogP contribution in [0.25, 0.3) is 0 Å². The van der Waals surface area contributed by atoms with Gasteiger partial charge in [0, 0.05) is 12.2 Å². The van der Waals surface area contributed by atoms with Crippen molar-refractivity contribution in [3.05, 3.63) is 29.1 Å². The van der Waals surface area contributed by atoms with Crippen molar-refractivity contribution in [3.63, 3.8) is 0 Å². The molecule has 0 fully saturated rings. The van der Waals surface area contributed by atoms with E-state index in [1.165, 1.54) is 6.92 Å². The second-order valence-corrected chi connectivity index (χ2v) is 3.67. The third kappa shape index (κ3) is 4.24. The summed E-state index contributed by atoms with van der Waals surface area (Å²) in [4.78, 5) is 2.99. The van der Waals surface area contributed by atoms with Crippen LogP contribution in [-0.2, 0) is 12.4 Å². The van der Waals surface area contributed by atoms with Crippen molar-refractivity contribution in [2.24, 2.45) is 5.73 Å². The number of hydrogen-bond donors (Lipinski definition) is 1. The van der Waals surface area contributed by atoms with Gasteiger partial charge in [0.05, 0.1) is 5.56 Å². The number of hydrogen-bond acceptors (Lipinski definition) is 2. The number of rotatable bonds is 2. The fourth-order valence-electron chi connectivity index (χ4n) is 1.38. The van der Waals surface area contributed by atoms with E-state index in [9.17, 15) is 26.3 Å². The lowest BCUT2D eigenvalue weighted by atomic mass is 10.0. The first kappa shape index (κ1) is 18.0. The minimum atomic E-state index is -4.92. The summed E-state index contributed by atoms with van der Waals surface area (Å²) in [6.45, 7) is 1.53. The molecule has 0 radical (unpaired) electrons. The summed E-state index contributed by atoms with van der Waals surface area (Å²) in [7, 11) is 0. The molecule has 19 heavy (non-hydrogen) atoms. The van der Waals surface area contributed by atoms with E-state index in [0.717, 1.165) is 0 Å². The Hall–Kier alpha value is -1.02. The molecule has 0 saturated carbocycles. The molecule has 0 spiro atoms. The molecule has 1 atom stereocenters. The molecule has 0 aliphatic heterocycles. The summed E-state index contributed by atoms with van der Waals surface area (Å²) >= 11 is 0. The summed E-state index contributed by atoms with van der Waals surface area (Å²) in [6, 6.07) is -1.01. The number of halogens is 7. The van der Waals surface area contributed by atoms with Crippen molar-refractivity contribution < 1.29 is 26.3 Å². The topological polar surface area (TPSA) is 38.9 Å². The molecule has 2 nitrogen and oxygen atoms in total. The Balaban J connectivity index is 0.00000324. The van der Waals surface area contributed by atoms with Gasteiger partial charge in [0.2, 0.25) is 0 Å². The summed E-state index contributed by atoms with van der Waals surface area (Å²) in [5.41, 5.74) is 2.03. The first-order chi connectivity index (χ1) is 8.07. The van der Waals surface area contributed by atoms with Crippen LogP contribution < -0.4 is 5.73 Å². The minimum Gasteiger partial charge on any atom is -0.324 e. The van der Waals surface area contributed by atoms with Crippen molar-refractivity contribution in [2.45, 2.75) is 31.7 Å². The predicted octanol–water partition coefficient (Wildman–Crippen LogP) is 3.95. The molecule has 1 aromatic rings. The molecule has 9 heteroatoms. The number of nitrogens with two attached hydrogens (primary N) is 1. The Morgan fingerprint density at radius 3 is 2.05 bits per heavy atom. The van der Waals surface area contributed by atoms with Gasteiger partial charge in [-0.25, -0.2) is 0 Å². The summed E-state index contributed by atoms with van der Waals surface area (Å²) in [6.07, 6.45) is -9.12. The number of alkyl halides is 6. The van der Waals surface area contributed by atoms with E-state index in [4.69, 9.17) is 5.73 Å². The van der Waals surface area contributed by atoms with Crippen LogP contribution in [-0.4, -0.2) is 4.98 Å². The van der Waals surface area contributed by atoms with E-state index in [0.29, 0.717) is 6.20 Å². The minimum absolute atomic E-state index is 0. The quantitative estimate of drug-likeness (QED) is 0.840. The van der Waals surface area contributed by atoms with Crippen LogP contribution >= 0.6 is 12.4 Å². The molecule has 1 aromatic heterocycles. The monoisotopic (exact) mass is 308 g/mol. The van der Waals surface area contributed by atoms with Crippen molar-refractivity contribution in [1.82, 2.24) is 4.98 Å². The zero-order valence-corrected chi connectivity index (χ0v) is 10.5. The maximum absolute atomic E-state index is 12.7. The largest absolute Gasteiger partial charge is 0.433 e. The van der Waals surface area contributed by atoms with Gasteiger partial charge in [-0.3, -0.25) is 4.98 Å². The molecular weight excluding hydrogens is 298 g/mol. The van der Waals surface area contributed by atoms with E-state index in [1.807, 2.05) is 0 Å². The summed E-state index contributed by atoms with van der Waals surface area (Å²) in [5.74, 6) is 0. The predicted molar refractivity (Wildman–Crippen MR) is 58.7 cm³/mol. The Labute approximate surface area is 111 Å². The van der Waals surface area contributed by atoms with E-state index in [2.05, 4.69) is 4.98 Å². The molecule has 1 rings (SSSR count). The summed E-state index contributed by atoms with van der Waals surface area (Å²) < 4.78 is 74.9. The van der Waals surface area contributed by atoms with Gasteiger partial charge >= 0.3 is 12.4 Å². The van der Waals surface area contributed by atoms with E-state index < -0.39 is 35.2 Å². The average Bonchev–Trinajstić information content (AvgIpc) is 2.24. The third-order valence-corrected chi connectivity index (χ3v) is 2.37. The van der Waals surface area contributed by atoms with Crippen LogP contribution in [0.15, 0.2) is 12.3 Å². The molecule has 0 amide bonds. The molecule has 1 heterocycles. The van der Waals surface area contributed by atoms with E-state index in [1.54, 1.807) is 0 Å². The van der Waals surface area contributed by atoms with Crippen molar-refractivity contribution in [3.8, 4) is 0 Å². The lowest BCUT2D eigenvalue weighted by molar-refractivity contribution is -0.146. The standard InChI is InChI=1S/C10H10F6N2.ClH/c1-2-7(17)5-4-18-8(10(14,15)16)3-6(5)9(11,12)13;/h3-4,7H,2,17H2,1H3;1H. The maximum atomic E-state index is 12.7. The van der Waals surface area contributed by atoms with Gasteiger partial charge in [0.25, 0.3) is 0 Å². The van der Waals surface area contributed by atoms with Crippen LogP contribution in [0.2, 0.25) is 0 Å². The molecule has 0 bridgehead atoms. The Morgan fingerprint density at radius 2 is 1.68 bits per heavy atom. The second-order valence-electron chi connectivity index (χ2n) is 3.67. The van der Waals surface area contributed by atoms with Crippen LogP contribution in [0.3, 0.4) is 0 Å². The van der Waals surface area contributed by atoms with Gasteiger partial charge < -0.3 is 5.73 Å². The lowest BCUT2D eigenvalue weighted by Gasteiger charge is -2.18. The molecule has 1 unspecified atom stereocenters. The highest BCUT2D eigenvalue weighted by Gasteiger charge is 2.39. The van der Waals surface area contributed by atoms with Crippen LogP contribution in [0, 0.1) is 0 Å². The Kier molecular flexibility index (Phi) is 5.64. The number of aromatic nitrogens is 1. The van der Waals surface area contributed by atoms with Crippen molar-refractivity contribution >= 4 is 12.4 Å². The molecule has 110 valence electrons. The highest BCUT2D eigenvalue weighted by Crippen LogP contribution is 2.37. The lowest BCUT2D eigenvalue weighted by Crippen LogP contribution is -2.20. The van der Waals surface area contributed by atoms with Gasteiger partial charge in [-0.15, -0.1) is 12.4 Å². The Bertz CT molecular complexity index is 429. The zero-order chi connectivity index (χ0) is 14.1. The van der Waals surface area contributed by atoms with Gasteiger partial charge in [-0.2, -0.15) is 26.3 Å². The fourth-order valence-corrected chi connectivity index (χ4v) is 1.38. The Morgan fingerprint density at radius 1 is 1.16 bits per heavy atom. The van der Waals surface area contributed by atoms with Gasteiger partial charge in [-0.05, 0) is 18.1 Å². The van der Waals surface area contributed by atoms with Crippen LogP contribution in [0.4, 0.5) is 26.3 Å². The van der Waals surface area contributed by atoms with E-state index >= 15 is 0 Å². The van der Waals surface area contributed by atoms with Gasteiger partial charge in [-0.1, -0.05) is 6.92 Å². The number of nitrogens with zero attached hydrogens (tertiary/aromatic N) is 1. The molecule has 2 N–H and O–H groups in total. The van der Waals surface area contributed by atoms with Crippen LogP contribution in [0.1, 0.15) is 36.2 Å². The summed E-state index contributed by atoms with van der Waals surface area (Å²) in [5, 5.41) is 0. The van der Waals surface area contributed by atoms with Crippen molar-refractivity contribution in [2.75, 3.05) is 0 Å². The maximum Gasteiger partial charge on any atom is 0.433 e. The SMILES string of the molecule is CCC(N)c1cnc(C(F)(F)F)cc1C(F)(F)F.Cl. The fraction of sp³-hybridized carbons (Fsp3) is 0.500. The average molecular weight is 309 g/mol. The molecule has 0 aromatic carbocycles. The molecule has 0 aliphatic rings. The zero-order valence-electron chi connectivity index (χ0n) is 9.64. The highest BCUT2D eigenvalue weighted by atomic mass is 35.5. The van der Waals surface area contributed by atoms with Gasteiger partial charge in [0.15, 0.2) is 0 Å². The van der Waals surface area contributed by atoms with Crippen LogP contribution in [0.5, 0.6) is 0 Å². The molecule has 0 aliphatic carbocycles. The molecular formula is C10H11ClF6N2. The molecule has 0 saturated heterocycles. The number of pyridine rings is 1. The van der Waals surface area contributed by atoms with Gasteiger partial charge in [0.1, 0.15) is 5.69 Å². The second kappa shape index (κ2) is 5.96. The smallest absolute Gasteiger partial charge is 0.324 e. The first-order valence-corrected chi connectivity index (χ1v) is 4.97. The highest BCUT2D eigenvalue weighted by molar-refractivity contribution is 5.85.